The number of hydrogen-bond donors (Lipinski definition) is 0. The van der Waals surface area contributed by atoms with Gasteiger partial charge >= 0.3 is 0 Å². The average Bonchev–Trinajstić information content (AvgIpc) is 2.65. The second-order valence-corrected chi connectivity index (χ2v) is 4.48. The smallest absolute Gasteiger partial charge is 0.0764 e. The molecule has 1 fully saturated rings. The summed E-state index contributed by atoms with van der Waals surface area (Å²) in [6.45, 7) is 3.56. The Balaban J connectivity index is 1.97. The zero-order valence-corrected chi connectivity index (χ0v) is 10.5. The maximum Gasteiger partial charge on any atom is 0.0764 e. The molecule has 0 spiro atoms. The maximum atomic E-state index is 5.45. The zero-order chi connectivity index (χ0) is 10.7. The first-order valence-electron chi connectivity index (χ1n) is 5.16. The van der Waals surface area contributed by atoms with Crippen molar-refractivity contribution in [3.63, 3.8) is 0 Å². The molecule has 4 nitrogen and oxygen atoms in total. The Morgan fingerprint density at radius 1 is 1.67 bits per heavy atom. The van der Waals surface area contributed by atoms with Crippen LogP contribution in [0, 0.1) is 0 Å². The number of alkyl halides is 1. The topological polar surface area (TPSA) is 30.3 Å². The van der Waals surface area contributed by atoms with Gasteiger partial charge in [-0.05, 0) is 6.07 Å². The summed E-state index contributed by atoms with van der Waals surface area (Å²) in [6.07, 6.45) is 1.99. The van der Waals surface area contributed by atoms with Crippen molar-refractivity contribution in [2.24, 2.45) is 7.05 Å². The lowest BCUT2D eigenvalue weighted by Gasteiger charge is -2.33. The standard InChI is InChI=1S/C10H16BrN3O/c1-13-3-2-9(12-13)7-14-4-5-15-8-10(14)6-11/h2-3,10H,4-8H2,1H3. The summed E-state index contributed by atoms with van der Waals surface area (Å²) in [4.78, 5) is 2.42. The van der Waals surface area contributed by atoms with Crippen molar-refractivity contribution in [1.29, 1.82) is 0 Å². The van der Waals surface area contributed by atoms with E-state index in [2.05, 4.69) is 32.0 Å². The second kappa shape index (κ2) is 5.09. The van der Waals surface area contributed by atoms with Crippen molar-refractivity contribution in [1.82, 2.24) is 14.7 Å². The molecule has 15 heavy (non-hydrogen) atoms. The van der Waals surface area contributed by atoms with Gasteiger partial charge in [0.1, 0.15) is 0 Å². The van der Waals surface area contributed by atoms with Gasteiger partial charge in [-0.1, -0.05) is 15.9 Å². The summed E-state index contributed by atoms with van der Waals surface area (Å²) in [5, 5.41) is 5.35. The normalized spacial score (nSPS) is 23.2. The first kappa shape index (κ1) is 11.1. The van der Waals surface area contributed by atoms with Crippen molar-refractivity contribution in [3.8, 4) is 0 Å². The minimum atomic E-state index is 0.473. The van der Waals surface area contributed by atoms with Crippen LogP contribution >= 0.6 is 15.9 Å². The number of aryl methyl sites for hydroxylation is 1. The first-order chi connectivity index (χ1) is 7.29. The van der Waals surface area contributed by atoms with Crippen LogP contribution in [0.25, 0.3) is 0 Å². The Bertz CT molecular complexity index is 315. The van der Waals surface area contributed by atoms with Crippen LogP contribution in [0.15, 0.2) is 12.3 Å². The molecule has 2 rings (SSSR count). The van der Waals surface area contributed by atoms with Crippen LogP contribution < -0.4 is 0 Å². The van der Waals surface area contributed by atoms with E-state index in [0.29, 0.717) is 6.04 Å². The monoisotopic (exact) mass is 273 g/mol. The van der Waals surface area contributed by atoms with Crippen LogP contribution in [-0.2, 0) is 18.3 Å². The van der Waals surface area contributed by atoms with E-state index >= 15 is 0 Å². The molecule has 84 valence electrons. The zero-order valence-electron chi connectivity index (χ0n) is 8.90. The molecule has 1 aromatic heterocycles. The van der Waals surface area contributed by atoms with Crippen LogP contribution in [0.1, 0.15) is 5.69 Å². The molecule has 2 heterocycles. The molecule has 1 atom stereocenters. The van der Waals surface area contributed by atoms with Gasteiger partial charge in [-0.2, -0.15) is 5.10 Å². The molecule has 1 aliphatic heterocycles. The molecule has 5 heteroatoms. The molecule has 1 saturated heterocycles. The van der Waals surface area contributed by atoms with Crippen molar-refractivity contribution in [2.45, 2.75) is 12.6 Å². The molecule has 0 aromatic carbocycles. The number of aromatic nitrogens is 2. The number of nitrogens with zero attached hydrogens (tertiary/aromatic N) is 3. The highest BCUT2D eigenvalue weighted by Gasteiger charge is 2.22. The Morgan fingerprint density at radius 2 is 2.53 bits per heavy atom. The molecule has 0 bridgehead atoms. The van der Waals surface area contributed by atoms with Crippen molar-refractivity contribution in [2.75, 3.05) is 25.1 Å². The van der Waals surface area contributed by atoms with Gasteiger partial charge in [0, 0.05) is 37.7 Å². The van der Waals surface area contributed by atoms with Crippen molar-refractivity contribution >= 4 is 15.9 Å². The van der Waals surface area contributed by atoms with Crippen LogP contribution in [0.2, 0.25) is 0 Å². The fourth-order valence-electron chi connectivity index (χ4n) is 1.80. The number of ether oxygens (including phenoxy) is 1. The number of morpholine rings is 1. The minimum Gasteiger partial charge on any atom is -0.378 e. The molecule has 1 aromatic rings. The lowest BCUT2D eigenvalue weighted by atomic mass is 10.2. The van der Waals surface area contributed by atoms with E-state index < -0.39 is 0 Å². The van der Waals surface area contributed by atoms with E-state index in [9.17, 15) is 0 Å². The molecule has 0 saturated carbocycles. The van der Waals surface area contributed by atoms with Crippen molar-refractivity contribution < 1.29 is 4.74 Å². The third kappa shape index (κ3) is 2.80. The minimum absolute atomic E-state index is 0.473. The van der Waals surface area contributed by atoms with Crippen molar-refractivity contribution in [3.05, 3.63) is 18.0 Å². The second-order valence-electron chi connectivity index (χ2n) is 3.83. The molecule has 0 radical (unpaired) electrons. The highest BCUT2D eigenvalue weighted by atomic mass is 79.9. The molecule has 0 amide bonds. The summed E-state index contributed by atoms with van der Waals surface area (Å²) in [6, 6.07) is 2.54. The Kier molecular flexibility index (Phi) is 3.77. The fourth-order valence-corrected chi connectivity index (χ4v) is 2.39. The fraction of sp³-hybridized carbons (Fsp3) is 0.700. The van der Waals surface area contributed by atoms with Gasteiger partial charge < -0.3 is 4.74 Å². The number of hydrogen-bond acceptors (Lipinski definition) is 3. The van der Waals surface area contributed by atoms with Gasteiger partial charge in [0.05, 0.1) is 18.9 Å². The van der Waals surface area contributed by atoms with Crippen LogP contribution in [-0.4, -0.2) is 45.8 Å². The van der Waals surface area contributed by atoms with Gasteiger partial charge in [-0.15, -0.1) is 0 Å². The van der Waals surface area contributed by atoms with E-state index in [1.54, 1.807) is 0 Å². The van der Waals surface area contributed by atoms with E-state index in [4.69, 9.17) is 4.74 Å². The molecule has 1 aliphatic rings. The first-order valence-corrected chi connectivity index (χ1v) is 6.28. The van der Waals surface area contributed by atoms with Gasteiger partial charge in [-0.25, -0.2) is 0 Å². The number of halogens is 1. The molecular weight excluding hydrogens is 258 g/mol. The summed E-state index contributed by atoms with van der Waals surface area (Å²) in [5.41, 5.74) is 1.13. The van der Waals surface area contributed by atoms with Crippen LogP contribution in [0.3, 0.4) is 0 Å². The highest BCUT2D eigenvalue weighted by Crippen LogP contribution is 2.12. The molecule has 0 aliphatic carbocycles. The van der Waals surface area contributed by atoms with Gasteiger partial charge in [0.15, 0.2) is 0 Å². The van der Waals surface area contributed by atoms with E-state index in [1.165, 1.54) is 0 Å². The van der Waals surface area contributed by atoms with E-state index in [0.717, 1.165) is 37.3 Å². The quantitative estimate of drug-likeness (QED) is 0.771. The Hall–Kier alpha value is -0.390. The molecule has 1 unspecified atom stereocenters. The third-order valence-electron chi connectivity index (χ3n) is 2.66. The number of rotatable bonds is 3. The van der Waals surface area contributed by atoms with Gasteiger partial charge in [0.25, 0.3) is 0 Å². The lowest BCUT2D eigenvalue weighted by Crippen LogP contribution is -2.45. The predicted octanol–water partition coefficient (Wildman–Crippen LogP) is 1.02. The highest BCUT2D eigenvalue weighted by molar-refractivity contribution is 9.09. The van der Waals surface area contributed by atoms with E-state index in [-0.39, 0.29) is 0 Å². The lowest BCUT2D eigenvalue weighted by molar-refractivity contribution is -0.00272. The molecule has 0 N–H and O–H groups in total. The summed E-state index contributed by atoms with van der Waals surface area (Å²) < 4.78 is 7.29. The Morgan fingerprint density at radius 3 is 3.20 bits per heavy atom. The Labute approximate surface area is 98.3 Å². The van der Waals surface area contributed by atoms with E-state index in [1.807, 2.05) is 17.9 Å². The maximum absolute atomic E-state index is 5.45. The average molecular weight is 274 g/mol. The summed E-state index contributed by atoms with van der Waals surface area (Å²) >= 11 is 3.52. The largest absolute Gasteiger partial charge is 0.378 e. The van der Waals surface area contributed by atoms with Crippen LogP contribution in [0.5, 0.6) is 0 Å². The molecular formula is C10H16BrN3O. The van der Waals surface area contributed by atoms with Gasteiger partial charge in [0.2, 0.25) is 0 Å². The predicted molar refractivity (Wildman–Crippen MR) is 62.0 cm³/mol. The summed E-state index contributed by atoms with van der Waals surface area (Å²) in [7, 11) is 1.95. The summed E-state index contributed by atoms with van der Waals surface area (Å²) in [5.74, 6) is 0. The van der Waals surface area contributed by atoms with Crippen LogP contribution in [0.4, 0.5) is 0 Å². The third-order valence-corrected chi connectivity index (χ3v) is 3.41. The van der Waals surface area contributed by atoms with Gasteiger partial charge in [-0.3, -0.25) is 9.58 Å². The SMILES string of the molecule is Cn1ccc(CN2CCOCC2CBr)n1.